The van der Waals surface area contributed by atoms with Gasteiger partial charge in [0.1, 0.15) is 22.2 Å². The summed E-state index contributed by atoms with van der Waals surface area (Å²) >= 11 is 0. The minimum atomic E-state index is -4.28. The fourth-order valence-electron chi connectivity index (χ4n) is 9.68. The number of furan rings is 1. The quantitative estimate of drug-likeness (QED) is 0.231. The van der Waals surface area contributed by atoms with Crippen molar-refractivity contribution in [2.45, 2.75) is 95.5 Å². The summed E-state index contributed by atoms with van der Waals surface area (Å²) in [6, 6.07) is 8.32. The molecule has 0 radical (unpaired) electrons. The van der Waals surface area contributed by atoms with Gasteiger partial charge in [-0.2, -0.15) is 8.42 Å². The van der Waals surface area contributed by atoms with Gasteiger partial charge in [-0.25, -0.2) is 9.59 Å². The number of epoxide rings is 1. The van der Waals surface area contributed by atoms with Crippen molar-refractivity contribution in [2.75, 3.05) is 0 Å². The highest BCUT2D eigenvalue weighted by Crippen LogP contribution is 2.78. The molecule has 2 saturated heterocycles. The van der Waals surface area contributed by atoms with Gasteiger partial charge in [-0.05, 0) is 74.6 Å². The predicted molar refractivity (Wildman–Crippen MR) is 161 cm³/mol. The van der Waals surface area contributed by atoms with E-state index in [4.69, 9.17) is 22.9 Å². The summed E-state index contributed by atoms with van der Waals surface area (Å²) in [6.07, 6.45) is 7.34. The second-order valence-electron chi connectivity index (χ2n) is 14.4. The fraction of sp³-hybridized carbons (Fsp3) is 0.559. The summed E-state index contributed by atoms with van der Waals surface area (Å²) < 4.78 is 56.4. The molecule has 240 valence electrons. The van der Waals surface area contributed by atoms with Crippen molar-refractivity contribution in [3.8, 4) is 0 Å². The Balaban J connectivity index is 1.40. The Hall–Kier alpha value is -3.44. The zero-order chi connectivity index (χ0) is 32.2. The van der Waals surface area contributed by atoms with Gasteiger partial charge in [0.15, 0.2) is 6.10 Å². The van der Waals surface area contributed by atoms with E-state index in [9.17, 15) is 18.0 Å². The second kappa shape index (κ2) is 9.54. The first-order valence-electron chi connectivity index (χ1n) is 15.6. The summed E-state index contributed by atoms with van der Waals surface area (Å²) in [5, 5.41) is 4.49. The SMILES string of the molecule is CCc1ccc(S(=O)(=O)O/N=C2\C[C@H]3C(C)(C)OC(=O)C=C[C@]3(C)[C@H]3CC[C@@]4(C)[C@H](c5ccoc5)OC(=O)[C@H]5O[C@]54[C@]23C)cc1. The molecule has 5 aliphatic rings. The van der Waals surface area contributed by atoms with Gasteiger partial charge in [-0.15, -0.1) is 0 Å². The van der Waals surface area contributed by atoms with Gasteiger partial charge < -0.3 is 18.6 Å². The first-order valence-corrected chi connectivity index (χ1v) is 17.0. The van der Waals surface area contributed by atoms with Crippen molar-refractivity contribution in [3.05, 3.63) is 66.1 Å². The normalized spacial score (nSPS) is 40.6. The molecule has 1 spiro atoms. The number of benzene rings is 1. The molecule has 4 heterocycles. The van der Waals surface area contributed by atoms with E-state index in [0.29, 0.717) is 18.6 Å². The van der Waals surface area contributed by atoms with Crippen LogP contribution in [0.25, 0.3) is 0 Å². The van der Waals surface area contributed by atoms with Crippen LogP contribution in [0.4, 0.5) is 0 Å². The van der Waals surface area contributed by atoms with Crippen LogP contribution >= 0.6 is 0 Å². The highest BCUT2D eigenvalue weighted by molar-refractivity contribution is 7.86. The molecule has 7 rings (SSSR count). The maximum absolute atomic E-state index is 13.6. The maximum Gasteiger partial charge on any atom is 0.358 e. The van der Waals surface area contributed by atoms with Crippen LogP contribution in [0.3, 0.4) is 0 Å². The largest absolute Gasteiger partial charge is 0.472 e. The Morgan fingerprint density at radius 2 is 1.73 bits per heavy atom. The van der Waals surface area contributed by atoms with Gasteiger partial charge in [0, 0.05) is 28.4 Å². The molecule has 4 fully saturated rings. The molecule has 0 N–H and O–H groups in total. The number of ether oxygens (including phenoxy) is 3. The van der Waals surface area contributed by atoms with Crippen molar-refractivity contribution in [1.82, 2.24) is 0 Å². The molecule has 2 aromatic rings. The first kappa shape index (κ1) is 30.2. The van der Waals surface area contributed by atoms with E-state index in [1.54, 1.807) is 30.7 Å². The van der Waals surface area contributed by atoms with E-state index in [-0.39, 0.29) is 23.2 Å². The molecule has 3 aliphatic heterocycles. The van der Waals surface area contributed by atoms with Crippen LogP contribution in [-0.2, 0) is 44.6 Å². The lowest BCUT2D eigenvalue weighted by Gasteiger charge is -2.65. The number of oxime groups is 1. The van der Waals surface area contributed by atoms with Crippen molar-refractivity contribution in [3.63, 3.8) is 0 Å². The molecule has 11 heteroatoms. The van der Waals surface area contributed by atoms with Gasteiger partial charge in [-0.1, -0.05) is 51.1 Å². The number of cyclic esters (lactones) is 2. The molecule has 0 amide bonds. The zero-order valence-electron chi connectivity index (χ0n) is 26.4. The van der Waals surface area contributed by atoms with E-state index in [1.165, 1.54) is 18.2 Å². The molecule has 45 heavy (non-hydrogen) atoms. The minimum absolute atomic E-state index is 0.00785. The van der Waals surface area contributed by atoms with E-state index >= 15 is 0 Å². The van der Waals surface area contributed by atoms with E-state index < -0.39 is 61.7 Å². The lowest BCUT2D eigenvalue weighted by Crippen LogP contribution is -2.71. The standard InChI is InChI=1S/C34H39NO9S/c1-7-20-8-10-22(11-9-20)45(38,39)44-35-25-18-24-30(2,3)42-26(36)13-15-31(24,4)23-12-16-32(5)27(21-14-17-40-19-21)41-29(37)28-34(32,43-28)33(23,25)6/h8-11,13-15,17,19,23-24,27-28H,7,12,16,18H2,1-6H3/b35-25+/t23-,24+,27+,28-,31-,32+,33+,34-/m1/s1. The number of hydrogen-bond donors (Lipinski definition) is 0. The highest BCUT2D eigenvalue weighted by Gasteiger charge is 2.87. The molecule has 2 aliphatic carbocycles. The van der Waals surface area contributed by atoms with Crippen LogP contribution < -0.4 is 0 Å². The topological polar surface area (TPSA) is 134 Å². The van der Waals surface area contributed by atoms with Gasteiger partial charge in [0.2, 0.25) is 0 Å². The third-order valence-electron chi connectivity index (χ3n) is 11.9. The van der Waals surface area contributed by atoms with E-state index in [2.05, 4.69) is 19.0 Å². The van der Waals surface area contributed by atoms with Gasteiger partial charge >= 0.3 is 22.1 Å². The summed E-state index contributed by atoms with van der Waals surface area (Å²) in [7, 11) is -4.28. The predicted octanol–water partition coefficient (Wildman–Crippen LogP) is 5.68. The number of hydrogen-bond acceptors (Lipinski definition) is 10. The Morgan fingerprint density at radius 1 is 1.00 bits per heavy atom. The number of fused-ring (bicyclic) bond motifs is 3. The molecule has 8 atom stereocenters. The molecule has 10 nitrogen and oxygen atoms in total. The summed E-state index contributed by atoms with van der Waals surface area (Å²) in [5.41, 5.74) is -2.13. The van der Waals surface area contributed by atoms with Gasteiger partial charge in [-0.3, -0.25) is 4.28 Å². The van der Waals surface area contributed by atoms with Crippen molar-refractivity contribution >= 4 is 27.8 Å². The van der Waals surface area contributed by atoms with Crippen LogP contribution in [0.2, 0.25) is 0 Å². The molecule has 0 unspecified atom stereocenters. The lowest BCUT2D eigenvalue weighted by atomic mass is 9.37. The molecular weight excluding hydrogens is 598 g/mol. The van der Waals surface area contributed by atoms with Crippen LogP contribution in [-0.4, -0.2) is 43.4 Å². The highest BCUT2D eigenvalue weighted by atomic mass is 32.2. The van der Waals surface area contributed by atoms with Crippen molar-refractivity contribution in [2.24, 2.45) is 33.2 Å². The summed E-state index contributed by atoms with van der Waals surface area (Å²) in [6.45, 7) is 11.9. The molecule has 0 bridgehead atoms. The number of rotatable bonds is 5. The lowest BCUT2D eigenvalue weighted by molar-refractivity contribution is -0.195. The van der Waals surface area contributed by atoms with Crippen LogP contribution in [0.5, 0.6) is 0 Å². The van der Waals surface area contributed by atoms with Crippen LogP contribution in [0.15, 0.2) is 69.5 Å². The minimum Gasteiger partial charge on any atom is -0.472 e. The molecule has 2 saturated carbocycles. The third kappa shape index (κ3) is 3.95. The molecule has 1 aromatic carbocycles. The zero-order valence-corrected chi connectivity index (χ0v) is 27.2. The smallest absolute Gasteiger partial charge is 0.358 e. The third-order valence-corrected chi connectivity index (χ3v) is 13.0. The second-order valence-corrected chi connectivity index (χ2v) is 15.9. The Kier molecular flexibility index (Phi) is 6.41. The number of esters is 2. The Morgan fingerprint density at radius 3 is 2.40 bits per heavy atom. The van der Waals surface area contributed by atoms with Crippen molar-refractivity contribution < 1.29 is 40.9 Å². The fourth-order valence-corrected chi connectivity index (χ4v) is 10.4. The van der Waals surface area contributed by atoms with E-state index in [1.807, 2.05) is 33.8 Å². The summed E-state index contributed by atoms with van der Waals surface area (Å²) in [4.78, 5) is 26.3. The van der Waals surface area contributed by atoms with Gasteiger partial charge in [0.05, 0.1) is 18.2 Å². The first-order chi connectivity index (χ1) is 21.1. The number of nitrogens with zero attached hydrogens (tertiary/aromatic N) is 1. The molecular formula is C34H39NO9S. The van der Waals surface area contributed by atoms with E-state index in [0.717, 1.165) is 17.5 Å². The van der Waals surface area contributed by atoms with Crippen LogP contribution in [0.1, 0.15) is 78.0 Å². The number of aryl methyl sites for hydroxylation is 1. The monoisotopic (exact) mass is 637 g/mol. The van der Waals surface area contributed by atoms with Crippen LogP contribution in [0, 0.1) is 28.1 Å². The number of allylic oxidation sites excluding steroid dienone is 1. The van der Waals surface area contributed by atoms with Gasteiger partial charge in [0.25, 0.3) is 0 Å². The Labute approximate surface area is 263 Å². The van der Waals surface area contributed by atoms with Crippen molar-refractivity contribution in [1.29, 1.82) is 0 Å². The maximum atomic E-state index is 13.6. The summed E-state index contributed by atoms with van der Waals surface area (Å²) in [5.74, 6) is -1.42. The number of carbonyl (C=O) groups is 2. The average molecular weight is 638 g/mol. The Bertz CT molecular complexity index is 1730. The molecule has 1 aromatic heterocycles. The number of carbonyl (C=O) groups excluding carboxylic acids is 2. The average Bonchev–Trinajstić information content (AvgIpc) is 3.59.